The smallest absolute Gasteiger partial charge is 0.276 e. The number of nitrogens with zero attached hydrogens (tertiary/aromatic N) is 4. The second kappa shape index (κ2) is 10.7. The normalized spacial score (nSPS) is 11.5. The van der Waals surface area contributed by atoms with E-state index in [-0.39, 0.29) is 27.0 Å². The number of halogens is 1. The maximum Gasteiger partial charge on any atom is 0.276 e. The number of sulfonamides is 1. The van der Waals surface area contributed by atoms with Gasteiger partial charge >= 0.3 is 0 Å². The summed E-state index contributed by atoms with van der Waals surface area (Å²) in [6.07, 6.45) is 3.35. The predicted octanol–water partition coefficient (Wildman–Crippen LogP) is 3.27. The van der Waals surface area contributed by atoms with E-state index in [2.05, 4.69) is 22.2 Å². The summed E-state index contributed by atoms with van der Waals surface area (Å²) in [4.78, 5) is 23.1. The van der Waals surface area contributed by atoms with Crippen molar-refractivity contribution >= 4 is 39.2 Å². The molecule has 0 atom stereocenters. The van der Waals surface area contributed by atoms with E-state index in [1.807, 2.05) is 11.9 Å². The minimum atomic E-state index is -3.79. The molecule has 0 fully saturated rings. The van der Waals surface area contributed by atoms with Gasteiger partial charge in [0.05, 0.1) is 17.8 Å². The molecule has 0 spiro atoms. The van der Waals surface area contributed by atoms with Crippen molar-refractivity contribution in [2.24, 2.45) is 0 Å². The average molecular weight is 470 g/mol. The summed E-state index contributed by atoms with van der Waals surface area (Å²) >= 11 is 6.15. The van der Waals surface area contributed by atoms with Crippen molar-refractivity contribution in [1.29, 1.82) is 0 Å². The highest BCUT2D eigenvalue weighted by Gasteiger charge is 2.24. The molecule has 0 bridgehead atoms. The van der Waals surface area contributed by atoms with Crippen LogP contribution in [-0.2, 0) is 10.0 Å². The zero-order valence-corrected chi connectivity index (χ0v) is 19.9. The zero-order chi connectivity index (χ0) is 23.2. The quantitative estimate of drug-likeness (QED) is 0.569. The van der Waals surface area contributed by atoms with Crippen LogP contribution in [0.25, 0.3) is 0 Å². The summed E-state index contributed by atoms with van der Waals surface area (Å²) in [5.74, 6) is 0.00886. The Bertz CT molecular complexity index is 1030. The molecule has 0 aliphatic rings. The number of hydrogen-bond donors (Lipinski definition) is 1. The molecule has 0 saturated carbocycles. The number of ether oxygens (including phenoxy) is 1. The predicted molar refractivity (Wildman–Crippen MR) is 122 cm³/mol. The van der Waals surface area contributed by atoms with Gasteiger partial charge in [-0.1, -0.05) is 24.9 Å². The molecule has 0 aliphatic heterocycles. The van der Waals surface area contributed by atoms with Crippen LogP contribution in [0, 0.1) is 0 Å². The zero-order valence-electron chi connectivity index (χ0n) is 18.3. The minimum absolute atomic E-state index is 0.000849. The van der Waals surface area contributed by atoms with Gasteiger partial charge in [-0.2, -0.15) is 0 Å². The number of amides is 1. The van der Waals surface area contributed by atoms with E-state index in [0.717, 1.165) is 23.7 Å². The van der Waals surface area contributed by atoms with Crippen LogP contribution >= 0.6 is 11.6 Å². The summed E-state index contributed by atoms with van der Waals surface area (Å²) in [5.41, 5.74) is 0.269. The maximum absolute atomic E-state index is 12.8. The van der Waals surface area contributed by atoms with Crippen molar-refractivity contribution < 1.29 is 17.9 Å². The number of nitrogens with one attached hydrogen (secondary N) is 1. The van der Waals surface area contributed by atoms with Crippen LogP contribution in [0.3, 0.4) is 0 Å². The topological polar surface area (TPSA) is 105 Å². The van der Waals surface area contributed by atoms with Crippen molar-refractivity contribution in [3.63, 3.8) is 0 Å². The molecule has 1 aromatic heterocycles. The Morgan fingerprint density at radius 1 is 1.23 bits per heavy atom. The first-order valence-electron chi connectivity index (χ1n) is 9.86. The molecule has 9 nitrogen and oxygen atoms in total. The maximum atomic E-state index is 12.8. The summed E-state index contributed by atoms with van der Waals surface area (Å²) in [7, 11) is 0.898. The first kappa shape index (κ1) is 24.8. The Hall–Kier alpha value is -2.43. The van der Waals surface area contributed by atoms with Crippen molar-refractivity contribution in [2.45, 2.75) is 31.6 Å². The minimum Gasteiger partial charge on any atom is -0.492 e. The van der Waals surface area contributed by atoms with E-state index in [0.29, 0.717) is 12.6 Å². The molecule has 1 N–H and O–H groups in total. The number of benzene rings is 1. The largest absolute Gasteiger partial charge is 0.492 e. The molecule has 0 aliphatic carbocycles. The van der Waals surface area contributed by atoms with Crippen molar-refractivity contribution in [3.05, 3.63) is 35.1 Å². The first-order valence-corrected chi connectivity index (χ1v) is 11.7. The van der Waals surface area contributed by atoms with Gasteiger partial charge in [0.25, 0.3) is 5.91 Å². The van der Waals surface area contributed by atoms with E-state index >= 15 is 0 Å². The van der Waals surface area contributed by atoms with E-state index < -0.39 is 15.9 Å². The average Bonchev–Trinajstić information content (AvgIpc) is 2.73. The van der Waals surface area contributed by atoms with Gasteiger partial charge in [0.15, 0.2) is 5.69 Å². The highest BCUT2D eigenvalue weighted by Crippen LogP contribution is 2.29. The standard InChI is InChI=1S/C20H28ClN5O4S/c1-6-8-11-26(5)20-22-13-15(21)18(24-20)19(27)23-14-9-10-16(30-7-2)17(12-14)31(28,29)25(3)4/h9-10,12-13H,6-8,11H2,1-5H3,(H,23,27). The Morgan fingerprint density at radius 2 is 1.94 bits per heavy atom. The van der Waals surface area contributed by atoms with Crippen LogP contribution in [-0.4, -0.2) is 62.9 Å². The number of carbonyl (C=O) groups excluding carboxylic acids is 1. The van der Waals surface area contributed by atoms with Crippen LogP contribution < -0.4 is 15.0 Å². The van der Waals surface area contributed by atoms with Crippen LogP contribution in [0.5, 0.6) is 5.75 Å². The number of aromatic nitrogens is 2. The lowest BCUT2D eigenvalue weighted by Crippen LogP contribution is -2.24. The van der Waals surface area contributed by atoms with E-state index in [1.165, 1.54) is 32.4 Å². The summed E-state index contributed by atoms with van der Waals surface area (Å²) in [6.45, 7) is 4.88. The van der Waals surface area contributed by atoms with Gasteiger partial charge in [0.1, 0.15) is 10.6 Å². The van der Waals surface area contributed by atoms with Gasteiger partial charge in [-0.25, -0.2) is 22.7 Å². The third kappa shape index (κ3) is 6.05. The van der Waals surface area contributed by atoms with E-state index in [9.17, 15) is 13.2 Å². The number of unbranched alkanes of at least 4 members (excludes halogenated alkanes) is 1. The molecular formula is C20H28ClN5O4S. The Morgan fingerprint density at radius 3 is 2.55 bits per heavy atom. The molecule has 31 heavy (non-hydrogen) atoms. The fraction of sp³-hybridized carbons (Fsp3) is 0.450. The lowest BCUT2D eigenvalue weighted by atomic mass is 10.3. The third-order valence-electron chi connectivity index (χ3n) is 4.40. The molecular weight excluding hydrogens is 442 g/mol. The van der Waals surface area contributed by atoms with Gasteiger partial charge in [-0.3, -0.25) is 4.79 Å². The monoisotopic (exact) mass is 469 g/mol. The Balaban J connectivity index is 2.35. The van der Waals surface area contributed by atoms with E-state index in [1.54, 1.807) is 13.0 Å². The molecule has 0 saturated heterocycles. The second-order valence-corrected chi connectivity index (χ2v) is 9.51. The molecule has 1 amide bonds. The fourth-order valence-electron chi connectivity index (χ4n) is 2.65. The van der Waals surface area contributed by atoms with E-state index in [4.69, 9.17) is 16.3 Å². The van der Waals surface area contributed by atoms with Crippen molar-refractivity contribution in [3.8, 4) is 5.75 Å². The fourth-order valence-corrected chi connectivity index (χ4v) is 3.87. The molecule has 170 valence electrons. The molecule has 0 radical (unpaired) electrons. The molecule has 1 aromatic carbocycles. The first-order chi connectivity index (χ1) is 14.6. The van der Waals surface area contributed by atoms with Gasteiger partial charge in [-0.05, 0) is 31.5 Å². The van der Waals surface area contributed by atoms with Crippen LogP contribution in [0.15, 0.2) is 29.3 Å². The lowest BCUT2D eigenvalue weighted by Gasteiger charge is -2.18. The molecule has 2 rings (SSSR count). The Labute approximate surface area is 188 Å². The molecule has 2 aromatic rings. The van der Waals surface area contributed by atoms with Gasteiger partial charge < -0.3 is 15.0 Å². The number of rotatable bonds is 10. The number of anilines is 2. The van der Waals surface area contributed by atoms with Gasteiger partial charge in [0.2, 0.25) is 16.0 Å². The molecule has 11 heteroatoms. The molecule has 0 unspecified atom stereocenters. The second-order valence-electron chi connectivity index (χ2n) is 6.98. The highest BCUT2D eigenvalue weighted by atomic mass is 35.5. The summed E-state index contributed by atoms with van der Waals surface area (Å²) in [6, 6.07) is 4.41. The van der Waals surface area contributed by atoms with Crippen LogP contribution in [0.2, 0.25) is 5.02 Å². The highest BCUT2D eigenvalue weighted by molar-refractivity contribution is 7.89. The van der Waals surface area contributed by atoms with Gasteiger partial charge in [-0.15, -0.1) is 0 Å². The van der Waals surface area contributed by atoms with Crippen molar-refractivity contribution in [2.75, 3.05) is 44.5 Å². The third-order valence-corrected chi connectivity index (χ3v) is 6.51. The number of carbonyl (C=O) groups is 1. The number of hydrogen-bond acceptors (Lipinski definition) is 7. The summed E-state index contributed by atoms with van der Waals surface area (Å²) in [5, 5.41) is 2.75. The summed E-state index contributed by atoms with van der Waals surface area (Å²) < 4.78 is 31.9. The SMILES string of the molecule is CCCCN(C)c1ncc(Cl)c(C(=O)Nc2ccc(OCC)c(S(=O)(=O)N(C)C)c2)n1. The van der Waals surface area contributed by atoms with Crippen molar-refractivity contribution in [1.82, 2.24) is 14.3 Å². The molecule has 1 heterocycles. The van der Waals surface area contributed by atoms with Crippen LogP contribution in [0.1, 0.15) is 37.2 Å². The Kier molecular flexibility index (Phi) is 8.60. The lowest BCUT2D eigenvalue weighted by molar-refractivity contribution is 0.102. The van der Waals surface area contributed by atoms with Crippen LogP contribution in [0.4, 0.5) is 11.6 Å². The van der Waals surface area contributed by atoms with Gasteiger partial charge in [0, 0.05) is 33.4 Å².